The minimum atomic E-state index is -3.64. The van der Waals surface area contributed by atoms with Gasteiger partial charge in [-0.3, -0.25) is 0 Å². The van der Waals surface area contributed by atoms with Gasteiger partial charge in [0.05, 0.1) is 12.8 Å². The molecule has 0 spiro atoms. The van der Waals surface area contributed by atoms with E-state index in [0.717, 1.165) is 6.20 Å². The first-order valence-electron chi connectivity index (χ1n) is 5.00. The van der Waals surface area contributed by atoms with E-state index in [1.54, 1.807) is 12.1 Å². The van der Waals surface area contributed by atoms with Gasteiger partial charge in [0.2, 0.25) is 10.0 Å². The molecule has 0 saturated heterocycles. The highest BCUT2D eigenvalue weighted by Gasteiger charge is 2.14. The van der Waals surface area contributed by atoms with E-state index in [-0.39, 0.29) is 17.1 Å². The first-order valence-corrected chi connectivity index (χ1v) is 6.48. The van der Waals surface area contributed by atoms with Crippen LogP contribution in [-0.4, -0.2) is 13.4 Å². The largest absolute Gasteiger partial charge is 0.468 e. The second-order valence-corrected chi connectivity index (χ2v) is 5.16. The Kier molecular flexibility index (Phi) is 3.41. The van der Waals surface area contributed by atoms with Crippen LogP contribution in [0.5, 0.6) is 0 Å². The number of furan rings is 1. The Hall–Kier alpha value is -2.17. The summed E-state index contributed by atoms with van der Waals surface area (Å²) in [6.07, 6.45) is 2.61. The lowest BCUT2D eigenvalue weighted by atomic mass is 10.4. The Bertz CT molecular complexity index is 655. The molecule has 0 aliphatic carbocycles. The van der Waals surface area contributed by atoms with E-state index in [1.165, 1.54) is 18.4 Å². The number of nitriles is 1. The van der Waals surface area contributed by atoms with E-state index >= 15 is 0 Å². The molecule has 0 atom stereocenters. The topological polar surface area (TPSA) is 96.0 Å². The minimum absolute atomic E-state index is 0.00746. The molecule has 2 aromatic rings. The number of hydrogen-bond acceptors (Lipinski definition) is 5. The van der Waals surface area contributed by atoms with Gasteiger partial charge in [-0.05, 0) is 24.3 Å². The Morgan fingerprint density at radius 3 is 2.78 bits per heavy atom. The van der Waals surface area contributed by atoms with Crippen LogP contribution in [0.1, 0.15) is 11.5 Å². The Morgan fingerprint density at radius 1 is 1.39 bits per heavy atom. The van der Waals surface area contributed by atoms with E-state index in [4.69, 9.17) is 9.68 Å². The zero-order chi connectivity index (χ0) is 13.0. The fourth-order valence-electron chi connectivity index (χ4n) is 1.27. The van der Waals surface area contributed by atoms with Crippen molar-refractivity contribution in [2.24, 2.45) is 0 Å². The number of rotatable bonds is 4. The first-order chi connectivity index (χ1) is 8.62. The monoisotopic (exact) mass is 263 g/mol. The minimum Gasteiger partial charge on any atom is -0.468 e. The van der Waals surface area contributed by atoms with Crippen LogP contribution in [-0.2, 0) is 16.6 Å². The van der Waals surface area contributed by atoms with Gasteiger partial charge in [0.1, 0.15) is 22.4 Å². The average Bonchev–Trinajstić information content (AvgIpc) is 2.90. The van der Waals surface area contributed by atoms with Gasteiger partial charge in [-0.25, -0.2) is 18.1 Å². The van der Waals surface area contributed by atoms with Crippen molar-refractivity contribution in [3.05, 3.63) is 48.2 Å². The predicted octanol–water partition coefficient (Wildman–Crippen LogP) is 1.02. The van der Waals surface area contributed by atoms with Crippen LogP contribution in [0.25, 0.3) is 0 Å². The number of nitrogens with one attached hydrogen (secondary N) is 1. The van der Waals surface area contributed by atoms with Crippen LogP contribution in [0.2, 0.25) is 0 Å². The molecule has 7 heteroatoms. The smallest absolute Gasteiger partial charge is 0.242 e. The molecule has 6 nitrogen and oxygen atoms in total. The maximum atomic E-state index is 11.9. The van der Waals surface area contributed by atoms with Crippen molar-refractivity contribution >= 4 is 10.0 Å². The lowest BCUT2D eigenvalue weighted by Gasteiger charge is -2.04. The lowest BCUT2D eigenvalue weighted by Crippen LogP contribution is -2.23. The van der Waals surface area contributed by atoms with Crippen molar-refractivity contribution in [3.8, 4) is 6.07 Å². The molecule has 0 aromatic carbocycles. The number of sulfonamides is 1. The van der Waals surface area contributed by atoms with E-state index in [0.29, 0.717) is 5.76 Å². The van der Waals surface area contributed by atoms with Crippen molar-refractivity contribution < 1.29 is 12.8 Å². The second kappa shape index (κ2) is 5.00. The Labute approximate surface area is 104 Å². The molecule has 0 amide bonds. The van der Waals surface area contributed by atoms with Gasteiger partial charge in [-0.1, -0.05) is 0 Å². The van der Waals surface area contributed by atoms with Gasteiger partial charge < -0.3 is 4.42 Å². The van der Waals surface area contributed by atoms with Crippen molar-refractivity contribution in [3.63, 3.8) is 0 Å². The highest BCUT2D eigenvalue weighted by molar-refractivity contribution is 7.89. The highest BCUT2D eigenvalue weighted by Crippen LogP contribution is 2.09. The molecular formula is C11H9N3O3S. The van der Waals surface area contributed by atoms with Gasteiger partial charge in [-0.15, -0.1) is 0 Å². The summed E-state index contributed by atoms with van der Waals surface area (Å²) in [7, 11) is -3.64. The van der Waals surface area contributed by atoms with Gasteiger partial charge in [0, 0.05) is 6.20 Å². The molecule has 0 unspecified atom stereocenters. The third-order valence-corrected chi connectivity index (χ3v) is 3.56. The summed E-state index contributed by atoms with van der Waals surface area (Å²) in [5.74, 6) is 0.514. The standard InChI is InChI=1S/C11H9N3O3S/c12-6-9-3-4-11(8-13-9)18(15,16)14-7-10-2-1-5-17-10/h1-5,8,14H,7H2. The summed E-state index contributed by atoms with van der Waals surface area (Å²) in [4.78, 5) is 3.71. The predicted molar refractivity (Wildman–Crippen MR) is 61.7 cm³/mol. The van der Waals surface area contributed by atoms with Crippen LogP contribution in [0.15, 0.2) is 46.0 Å². The summed E-state index contributed by atoms with van der Waals surface area (Å²) in [5.41, 5.74) is 0.167. The van der Waals surface area contributed by atoms with Crippen LogP contribution < -0.4 is 4.72 Å². The van der Waals surface area contributed by atoms with Gasteiger partial charge >= 0.3 is 0 Å². The summed E-state index contributed by atoms with van der Waals surface area (Å²) in [6.45, 7) is 0.0648. The van der Waals surface area contributed by atoms with E-state index in [9.17, 15) is 8.42 Å². The van der Waals surface area contributed by atoms with Gasteiger partial charge in [0.25, 0.3) is 0 Å². The molecule has 0 saturated carbocycles. The number of pyridine rings is 1. The molecule has 2 rings (SSSR count). The van der Waals surface area contributed by atoms with Gasteiger partial charge in [-0.2, -0.15) is 5.26 Å². The van der Waals surface area contributed by atoms with Crippen LogP contribution in [0.4, 0.5) is 0 Å². The van der Waals surface area contributed by atoms with E-state index in [2.05, 4.69) is 9.71 Å². The van der Waals surface area contributed by atoms with E-state index in [1.807, 2.05) is 6.07 Å². The molecular weight excluding hydrogens is 254 g/mol. The summed E-state index contributed by atoms with van der Waals surface area (Å²) < 4.78 is 31.1. The molecule has 92 valence electrons. The molecule has 2 heterocycles. The number of hydrogen-bond donors (Lipinski definition) is 1. The third-order valence-electron chi connectivity index (χ3n) is 2.18. The maximum Gasteiger partial charge on any atom is 0.242 e. The molecule has 2 aromatic heterocycles. The maximum absolute atomic E-state index is 11.9. The zero-order valence-electron chi connectivity index (χ0n) is 9.20. The van der Waals surface area contributed by atoms with Crippen molar-refractivity contribution in [1.29, 1.82) is 5.26 Å². The fourth-order valence-corrected chi connectivity index (χ4v) is 2.21. The van der Waals surface area contributed by atoms with E-state index < -0.39 is 10.0 Å². The molecule has 0 radical (unpaired) electrons. The molecule has 1 N–H and O–H groups in total. The SMILES string of the molecule is N#Cc1ccc(S(=O)(=O)NCc2ccco2)cn1. The molecule has 0 aliphatic rings. The Balaban J connectivity index is 2.13. The van der Waals surface area contributed by atoms with Gasteiger partial charge in [0.15, 0.2) is 0 Å². The van der Waals surface area contributed by atoms with Crippen LogP contribution in [0.3, 0.4) is 0 Å². The lowest BCUT2D eigenvalue weighted by molar-refractivity contribution is 0.498. The highest BCUT2D eigenvalue weighted by atomic mass is 32.2. The van der Waals surface area contributed by atoms with Crippen molar-refractivity contribution in [1.82, 2.24) is 9.71 Å². The molecule has 0 aliphatic heterocycles. The summed E-state index contributed by atoms with van der Waals surface area (Å²) in [6, 6.07) is 7.84. The normalized spacial score (nSPS) is 11.1. The third kappa shape index (κ3) is 2.74. The van der Waals surface area contributed by atoms with Crippen molar-refractivity contribution in [2.45, 2.75) is 11.4 Å². The second-order valence-electron chi connectivity index (χ2n) is 3.39. The Morgan fingerprint density at radius 2 is 2.22 bits per heavy atom. The fraction of sp³-hybridized carbons (Fsp3) is 0.0909. The molecule has 0 bridgehead atoms. The van der Waals surface area contributed by atoms with Crippen molar-refractivity contribution in [2.75, 3.05) is 0 Å². The molecule has 0 fully saturated rings. The molecule has 18 heavy (non-hydrogen) atoms. The zero-order valence-corrected chi connectivity index (χ0v) is 10.0. The number of aromatic nitrogens is 1. The summed E-state index contributed by atoms with van der Waals surface area (Å²) >= 11 is 0. The summed E-state index contributed by atoms with van der Waals surface area (Å²) in [5, 5.41) is 8.57. The quantitative estimate of drug-likeness (QED) is 0.888. The number of nitrogens with zero attached hydrogens (tertiary/aromatic N) is 2. The first kappa shape index (κ1) is 12.3. The average molecular weight is 263 g/mol. The van der Waals surface area contributed by atoms with Crippen LogP contribution >= 0.6 is 0 Å². The van der Waals surface area contributed by atoms with Crippen LogP contribution in [0, 0.1) is 11.3 Å².